The molecule has 0 atom stereocenters. The molecule has 0 saturated heterocycles. The van der Waals surface area contributed by atoms with E-state index >= 15 is 0 Å². The molecular weight excluding hydrogens is 223 g/mol. The summed E-state index contributed by atoms with van der Waals surface area (Å²) in [6, 6.07) is 4.13. The van der Waals surface area contributed by atoms with Crippen LogP contribution in [0.25, 0.3) is 10.1 Å². The van der Waals surface area contributed by atoms with Crippen LogP contribution >= 0.6 is 34.5 Å². The van der Waals surface area contributed by atoms with Crippen molar-refractivity contribution in [2.24, 2.45) is 0 Å². The molecular formula is C10H8Cl2S. The topological polar surface area (TPSA) is 0 Å². The number of halogens is 2. The van der Waals surface area contributed by atoms with E-state index in [4.69, 9.17) is 23.2 Å². The van der Waals surface area contributed by atoms with Gasteiger partial charge in [0.25, 0.3) is 0 Å². The van der Waals surface area contributed by atoms with Crippen molar-refractivity contribution in [2.75, 3.05) is 0 Å². The first-order valence-corrected chi connectivity index (χ1v) is 5.71. The quantitative estimate of drug-likeness (QED) is 0.663. The van der Waals surface area contributed by atoms with E-state index in [1.54, 1.807) is 11.3 Å². The van der Waals surface area contributed by atoms with Gasteiger partial charge in [0.05, 0.1) is 10.0 Å². The van der Waals surface area contributed by atoms with Crippen LogP contribution in [-0.4, -0.2) is 0 Å². The number of hydrogen-bond acceptors (Lipinski definition) is 1. The van der Waals surface area contributed by atoms with E-state index < -0.39 is 0 Å². The molecule has 0 aliphatic heterocycles. The van der Waals surface area contributed by atoms with E-state index in [0.717, 1.165) is 17.4 Å². The second-order valence-corrected chi connectivity index (χ2v) is 4.55. The van der Waals surface area contributed by atoms with Crippen LogP contribution in [-0.2, 0) is 6.42 Å². The molecule has 0 radical (unpaired) electrons. The number of rotatable bonds is 1. The molecule has 2 aromatic rings. The lowest BCUT2D eigenvalue weighted by atomic mass is 10.1. The van der Waals surface area contributed by atoms with Gasteiger partial charge in [-0.05, 0) is 29.5 Å². The molecule has 68 valence electrons. The minimum absolute atomic E-state index is 0.692. The molecule has 0 aliphatic rings. The predicted molar refractivity (Wildman–Crippen MR) is 61.2 cm³/mol. The standard InChI is InChI=1S/C10H8Cl2S/c1-2-6-5-8-7(3-4-13-8)10(12)9(6)11/h3-5H,2H2,1H3. The molecule has 0 saturated carbocycles. The summed E-state index contributed by atoms with van der Waals surface area (Å²) >= 11 is 13.9. The Hall–Kier alpha value is -0.240. The second kappa shape index (κ2) is 3.49. The average molecular weight is 231 g/mol. The third kappa shape index (κ3) is 1.45. The van der Waals surface area contributed by atoms with E-state index in [1.165, 1.54) is 4.70 Å². The lowest BCUT2D eigenvalue weighted by Gasteiger charge is -2.04. The molecule has 0 amide bonds. The van der Waals surface area contributed by atoms with Crippen molar-refractivity contribution in [3.8, 4) is 0 Å². The number of benzene rings is 1. The normalized spacial score (nSPS) is 11.0. The van der Waals surface area contributed by atoms with Gasteiger partial charge in [-0.2, -0.15) is 0 Å². The van der Waals surface area contributed by atoms with Gasteiger partial charge in [0.2, 0.25) is 0 Å². The Labute approximate surface area is 91.1 Å². The highest BCUT2D eigenvalue weighted by Crippen LogP contribution is 2.36. The van der Waals surface area contributed by atoms with Crippen LogP contribution in [0.3, 0.4) is 0 Å². The van der Waals surface area contributed by atoms with E-state index in [-0.39, 0.29) is 0 Å². The lowest BCUT2D eigenvalue weighted by molar-refractivity contribution is 1.15. The third-order valence-electron chi connectivity index (χ3n) is 2.09. The molecule has 0 N–H and O–H groups in total. The van der Waals surface area contributed by atoms with Gasteiger partial charge in [0.15, 0.2) is 0 Å². The van der Waals surface area contributed by atoms with Crippen molar-refractivity contribution in [3.05, 3.63) is 33.1 Å². The van der Waals surface area contributed by atoms with E-state index in [2.05, 4.69) is 13.0 Å². The summed E-state index contributed by atoms with van der Waals surface area (Å²) in [4.78, 5) is 0. The summed E-state index contributed by atoms with van der Waals surface area (Å²) in [6.07, 6.45) is 0.923. The average Bonchev–Trinajstić information content (AvgIpc) is 2.59. The van der Waals surface area contributed by atoms with Crippen molar-refractivity contribution in [1.82, 2.24) is 0 Å². The summed E-state index contributed by atoms with van der Waals surface area (Å²) in [5, 5.41) is 4.49. The maximum Gasteiger partial charge on any atom is 0.0681 e. The summed E-state index contributed by atoms with van der Waals surface area (Å²) < 4.78 is 1.21. The Morgan fingerprint density at radius 1 is 1.31 bits per heavy atom. The van der Waals surface area contributed by atoms with E-state index in [1.807, 2.05) is 11.4 Å². The van der Waals surface area contributed by atoms with Gasteiger partial charge in [-0.1, -0.05) is 30.1 Å². The van der Waals surface area contributed by atoms with Crippen molar-refractivity contribution in [1.29, 1.82) is 0 Å². The molecule has 1 aromatic heterocycles. The number of aryl methyl sites for hydroxylation is 1. The zero-order valence-electron chi connectivity index (χ0n) is 7.10. The molecule has 0 aliphatic carbocycles. The van der Waals surface area contributed by atoms with Crippen molar-refractivity contribution in [2.45, 2.75) is 13.3 Å². The smallest absolute Gasteiger partial charge is 0.0681 e. The zero-order chi connectivity index (χ0) is 9.42. The number of fused-ring (bicyclic) bond motifs is 1. The number of thiophene rings is 1. The monoisotopic (exact) mass is 230 g/mol. The van der Waals surface area contributed by atoms with E-state index in [0.29, 0.717) is 10.0 Å². The van der Waals surface area contributed by atoms with Crippen LogP contribution in [0, 0.1) is 0 Å². The predicted octanol–water partition coefficient (Wildman–Crippen LogP) is 4.77. The Morgan fingerprint density at radius 2 is 2.08 bits per heavy atom. The molecule has 1 aromatic carbocycles. The minimum atomic E-state index is 0.692. The Morgan fingerprint density at radius 3 is 2.77 bits per heavy atom. The fourth-order valence-electron chi connectivity index (χ4n) is 1.35. The van der Waals surface area contributed by atoms with Gasteiger partial charge in [-0.15, -0.1) is 11.3 Å². The van der Waals surface area contributed by atoms with Crippen molar-refractivity contribution >= 4 is 44.6 Å². The molecule has 13 heavy (non-hydrogen) atoms. The van der Waals surface area contributed by atoms with Crippen molar-refractivity contribution in [3.63, 3.8) is 0 Å². The highest BCUT2D eigenvalue weighted by molar-refractivity contribution is 7.17. The summed E-state index contributed by atoms with van der Waals surface area (Å²) in [7, 11) is 0. The van der Waals surface area contributed by atoms with Crippen LogP contribution in [0.15, 0.2) is 17.5 Å². The van der Waals surface area contributed by atoms with Gasteiger partial charge in [0.1, 0.15) is 0 Å². The summed E-state index contributed by atoms with van der Waals surface area (Å²) in [5.41, 5.74) is 1.13. The zero-order valence-corrected chi connectivity index (χ0v) is 9.43. The van der Waals surface area contributed by atoms with Gasteiger partial charge in [0, 0.05) is 10.1 Å². The Balaban J connectivity index is 2.83. The third-order valence-corrected chi connectivity index (χ3v) is 3.88. The highest BCUT2D eigenvalue weighted by atomic mass is 35.5. The van der Waals surface area contributed by atoms with Crippen LogP contribution in [0.1, 0.15) is 12.5 Å². The fourth-order valence-corrected chi connectivity index (χ4v) is 2.84. The van der Waals surface area contributed by atoms with Crippen LogP contribution in [0.4, 0.5) is 0 Å². The molecule has 0 fully saturated rings. The molecule has 0 spiro atoms. The summed E-state index contributed by atoms with van der Waals surface area (Å²) in [5.74, 6) is 0. The lowest BCUT2D eigenvalue weighted by Crippen LogP contribution is -1.82. The molecule has 3 heteroatoms. The maximum absolute atomic E-state index is 6.13. The van der Waals surface area contributed by atoms with Gasteiger partial charge >= 0.3 is 0 Å². The fraction of sp³-hybridized carbons (Fsp3) is 0.200. The molecule has 0 bridgehead atoms. The molecule has 2 rings (SSSR count). The SMILES string of the molecule is CCc1cc2sccc2c(Cl)c1Cl. The minimum Gasteiger partial charge on any atom is -0.144 e. The van der Waals surface area contributed by atoms with Crippen LogP contribution in [0.5, 0.6) is 0 Å². The van der Waals surface area contributed by atoms with E-state index in [9.17, 15) is 0 Å². The first-order chi connectivity index (χ1) is 6.24. The van der Waals surface area contributed by atoms with Gasteiger partial charge in [-0.3, -0.25) is 0 Å². The highest BCUT2D eigenvalue weighted by Gasteiger charge is 2.09. The second-order valence-electron chi connectivity index (χ2n) is 2.85. The van der Waals surface area contributed by atoms with Gasteiger partial charge in [-0.25, -0.2) is 0 Å². The largest absolute Gasteiger partial charge is 0.144 e. The molecule has 0 nitrogen and oxygen atoms in total. The summed E-state index contributed by atoms with van der Waals surface area (Å²) in [6.45, 7) is 2.08. The van der Waals surface area contributed by atoms with Crippen molar-refractivity contribution < 1.29 is 0 Å². The Bertz CT molecular complexity index is 445. The maximum atomic E-state index is 6.13. The van der Waals surface area contributed by atoms with Crippen LogP contribution in [0.2, 0.25) is 10.0 Å². The Kier molecular flexibility index (Phi) is 2.50. The van der Waals surface area contributed by atoms with Gasteiger partial charge < -0.3 is 0 Å². The molecule has 1 heterocycles. The number of hydrogen-bond donors (Lipinski definition) is 0. The first kappa shape index (κ1) is 9.32. The van der Waals surface area contributed by atoms with Crippen LogP contribution < -0.4 is 0 Å². The first-order valence-electron chi connectivity index (χ1n) is 4.08. The molecule has 0 unspecified atom stereocenters.